The van der Waals surface area contributed by atoms with Gasteiger partial charge in [0.25, 0.3) is 0 Å². The highest BCUT2D eigenvalue weighted by atomic mass is 14.8. The third kappa shape index (κ3) is 11.0. The number of allylic oxidation sites excluding steroid dienone is 1. The van der Waals surface area contributed by atoms with Gasteiger partial charge in [0.2, 0.25) is 0 Å². The van der Waals surface area contributed by atoms with Crippen molar-refractivity contribution in [2.24, 2.45) is 11.5 Å². The van der Waals surface area contributed by atoms with Gasteiger partial charge in [0.05, 0.1) is 0 Å². The van der Waals surface area contributed by atoms with Gasteiger partial charge >= 0.3 is 0 Å². The van der Waals surface area contributed by atoms with Gasteiger partial charge in [-0.2, -0.15) is 0 Å². The summed E-state index contributed by atoms with van der Waals surface area (Å²) in [5.41, 5.74) is 12.1. The Morgan fingerprint density at radius 3 is 2.47 bits per heavy atom. The van der Waals surface area contributed by atoms with Gasteiger partial charge in [0.15, 0.2) is 0 Å². The van der Waals surface area contributed by atoms with Crippen molar-refractivity contribution in [2.75, 3.05) is 13.1 Å². The fraction of sp³-hybridized carbons (Fsp3) is 0.667. The highest BCUT2D eigenvalue weighted by molar-refractivity contribution is 4.95. The largest absolute Gasteiger partial charge is 0.401 e. The highest BCUT2D eigenvalue weighted by Gasteiger charge is 1.92. The first-order chi connectivity index (χ1) is 7.31. The summed E-state index contributed by atoms with van der Waals surface area (Å²) in [7, 11) is 0. The fourth-order valence-electron chi connectivity index (χ4n) is 1.35. The maximum Gasteiger partial charge on any atom is 0.0323 e. The SMILES string of the molecule is C=CCN/C=C(\N)CCCCCCCN. The van der Waals surface area contributed by atoms with Crippen LogP contribution in [0, 0.1) is 0 Å². The molecule has 3 heteroatoms. The number of nitrogens with two attached hydrogens (primary N) is 2. The molecule has 0 rings (SSSR count). The number of rotatable bonds is 10. The molecule has 0 heterocycles. The van der Waals surface area contributed by atoms with E-state index in [1.807, 2.05) is 12.3 Å². The van der Waals surface area contributed by atoms with Crippen LogP contribution in [0.15, 0.2) is 24.6 Å². The predicted molar refractivity (Wildman–Crippen MR) is 67.2 cm³/mol. The Kier molecular flexibility index (Phi) is 10.4. The van der Waals surface area contributed by atoms with Crippen LogP contribution in [-0.4, -0.2) is 13.1 Å². The number of unbranched alkanes of at least 4 members (excludes halogenated alkanes) is 4. The van der Waals surface area contributed by atoms with Crippen molar-refractivity contribution < 1.29 is 0 Å². The first kappa shape index (κ1) is 14.0. The first-order valence-electron chi connectivity index (χ1n) is 5.80. The third-order valence-electron chi connectivity index (χ3n) is 2.22. The molecule has 0 amide bonds. The quantitative estimate of drug-likeness (QED) is 0.382. The van der Waals surface area contributed by atoms with E-state index in [-0.39, 0.29) is 0 Å². The van der Waals surface area contributed by atoms with Crippen LogP contribution in [0.1, 0.15) is 38.5 Å². The average molecular weight is 211 g/mol. The molecule has 0 aliphatic heterocycles. The average Bonchev–Trinajstić information content (AvgIpc) is 2.23. The Morgan fingerprint density at radius 2 is 1.80 bits per heavy atom. The Hall–Kier alpha value is -0.960. The molecular weight excluding hydrogens is 186 g/mol. The van der Waals surface area contributed by atoms with Crippen LogP contribution in [0.2, 0.25) is 0 Å². The van der Waals surface area contributed by atoms with Crippen LogP contribution in [0.25, 0.3) is 0 Å². The standard InChI is InChI=1S/C12H25N3/c1-2-10-15-11-12(14)8-6-4-3-5-7-9-13/h2,11,15H,1,3-10,13-14H2/b12-11-. The molecule has 0 saturated carbocycles. The molecule has 0 radical (unpaired) electrons. The molecule has 0 unspecified atom stereocenters. The smallest absolute Gasteiger partial charge is 0.0323 e. The van der Waals surface area contributed by atoms with E-state index in [0.717, 1.165) is 31.6 Å². The summed E-state index contributed by atoms with van der Waals surface area (Å²) in [6.45, 7) is 5.21. The Balaban J connectivity index is 3.26. The zero-order valence-corrected chi connectivity index (χ0v) is 9.67. The molecule has 0 aliphatic carbocycles. The second-order valence-electron chi connectivity index (χ2n) is 3.72. The molecule has 15 heavy (non-hydrogen) atoms. The molecule has 3 nitrogen and oxygen atoms in total. The summed E-state index contributed by atoms with van der Waals surface area (Å²) in [5.74, 6) is 0. The minimum absolute atomic E-state index is 0.775. The number of hydrogen-bond acceptors (Lipinski definition) is 3. The van der Waals surface area contributed by atoms with E-state index < -0.39 is 0 Å². The summed E-state index contributed by atoms with van der Waals surface area (Å²) in [6, 6.07) is 0. The Labute approximate surface area is 93.6 Å². The zero-order valence-electron chi connectivity index (χ0n) is 9.67. The molecule has 5 N–H and O–H groups in total. The molecule has 0 aromatic rings. The minimum Gasteiger partial charge on any atom is -0.401 e. The molecule has 0 aromatic carbocycles. The molecule has 88 valence electrons. The summed E-state index contributed by atoms with van der Waals surface area (Å²) < 4.78 is 0. The molecule has 0 spiro atoms. The molecule has 0 fully saturated rings. The van der Waals surface area contributed by atoms with Crippen molar-refractivity contribution in [3.05, 3.63) is 24.6 Å². The fourth-order valence-corrected chi connectivity index (χ4v) is 1.35. The van der Waals surface area contributed by atoms with E-state index in [1.165, 1.54) is 25.7 Å². The van der Waals surface area contributed by atoms with Crippen molar-refractivity contribution in [3.63, 3.8) is 0 Å². The lowest BCUT2D eigenvalue weighted by molar-refractivity contribution is 0.615. The summed E-state index contributed by atoms with van der Waals surface area (Å²) in [5, 5.41) is 3.07. The lowest BCUT2D eigenvalue weighted by Gasteiger charge is -2.02. The van der Waals surface area contributed by atoms with Crippen LogP contribution in [0.4, 0.5) is 0 Å². The van der Waals surface area contributed by atoms with E-state index in [4.69, 9.17) is 11.5 Å². The van der Waals surface area contributed by atoms with Gasteiger partial charge in [0, 0.05) is 18.4 Å². The van der Waals surface area contributed by atoms with Gasteiger partial charge in [0.1, 0.15) is 0 Å². The summed E-state index contributed by atoms with van der Waals surface area (Å²) >= 11 is 0. The van der Waals surface area contributed by atoms with Gasteiger partial charge in [-0.05, 0) is 25.8 Å². The normalized spacial score (nSPS) is 11.4. The van der Waals surface area contributed by atoms with Gasteiger partial charge in [-0.3, -0.25) is 0 Å². The second kappa shape index (κ2) is 11.1. The number of nitrogens with one attached hydrogen (secondary N) is 1. The lowest BCUT2D eigenvalue weighted by Crippen LogP contribution is -2.09. The van der Waals surface area contributed by atoms with E-state index in [1.54, 1.807) is 0 Å². The second-order valence-corrected chi connectivity index (χ2v) is 3.72. The van der Waals surface area contributed by atoms with E-state index in [2.05, 4.69) is 11.9 Å². The van der Waals surface area contributed by atoms with Gasteiger partial charge in [-0.25, -0.2) is 0 Å². The van der Waals surface area contributed by atoms with E-state index in [9.17, 15) is 0 Å². The Bertz CT molecular complexity index is 176. The zero-order chi connectivity index (χ0) is 11.4. The van der Waals surface area contributed by atoms with Crippen molar-refractivity contribution in [2.45, 2.75) is 38.5 Å². The monoisotopic (exact) mass is 211 g/mol. The van der Waals surface area contributed by atoms with Crippen LogP contribution in [0.3, 0.4) is 0 Å². The molecule has 0 atom stereocenters. The summed E-state index contributed by atoms with van der Waals surface area (Å²) in [4.78, 5) is 0. The summed E-state index contributed by atoms with van der Waals surface area (Å²) in [6.07, 6.45) is 10.7. The minimum atomic E-state index is 0.775. The van der Waals surface area contributed by atoms with Crippen LogP contribution in [-0.2, 0) is 0 Å². The van der Waals surface area contributed by atoms with Crippen molar-refractivity contribution in [1.82, 2.24) is 5.32 Å². The van der Waals surface area contributed by atoms with E-state index in [0.29, 0.717) is 0 Å². The van der Waals surface area contributed by atoms with Crippen molar-refractivity contribution >= 4 is 0 Å². The number of hydrogen-bond donors (Lipinski definition) is 3. The van der Waals surface area contributed by atoms with Crippen LogP contribution >= 0.6 is 0 Å². The third-order valence-corrected chi connectivity index (χ3v) is 2.22. The van der Waals surface area contributed by atoms with Crippen molar-refractivity contribution in [1.29, 1.82) is 0 Å². The predicted octanol–water partition coefficient (Wildman–Crippen LogP) is 1.86. The molecule has 0 aromatic heterocycles. The molecule has 0 bridgehead atoms. The molecular formula is C12H25N3. The Morgan fingerprint density at radius 1 is 1.13 bits per heavy atom. The first-order valence-corrected chi connectivity index (χ1v) is 5.80. The molecule has 0 saturated heterocycles. The van der Waals surface area contributed by atoms with Crippen LogP contribution in [0.5, 0.6) is 0 Å². The maximum absolute atomic E-state index is 5.80. The van der Waals surface area contributed by atoms with Crippen LogP contribution < -0.4 is 16.8 Å². The molecule has 0 aliphatic rings. The maximum atomic E-state index is 5.80. The van der Waals surface area contributed by atoms with Gasteiger partial charge in [-0.15, -0.1) is 6.58 Å². The van der Waals surface area contributed by atoms with Gasteiger partial charge < -0.3 is 16.8 Å². The van der Waals surface area contributed by atoms with Gasteiger partial charge in [-0.1, -0.05) is 25.3 Å². The highest BCUT2D eigenvalue weighted by Crippen LogP contribution is 2.07. The van der Waals surface area contributed by atoms with Crippen molar-refractivity contribution in [3.8, 4) is 0 Å². The lowest BCUT2D eigenvalue weighted by atomic mass is 10.1. The van der Waals surface area contributed by atoms with E-state index >= 15 is 0 Å². The topological polar surface area (TPSA) is 64.1 Å².